The molecule has 6 heteroatoms. The Morgan fingerprint density at radius 2 is 1.96 bits per heavy atom. The lowest BCUT2D eigenvalue weighted by atomic mass is 9.77. The third-order valence-corrected chi connectivity index (χ3v) is 6.97. The topological polar surface area (TPSA) is 54.2 Å². The van der Waals surface area contributed by atoms with Crippen molar-refractivity contribution in [3.8, 4) is 0 Å². The summed E-state index contributed by atoms with van der Waals surface area (Å²) in [6.45, 7) is 5.27. The molecule has 1 N–H and O–H groups in total. The van der Waals surface area contributed by atoms with E-state index in [1.165, 1.54) is 4.88 Å². The number of aliphatic hydroxyl groups excluding tert-OH is 1. The number of hydrogen-bond acceptors (Lipinski definition) is 5. The number of fused-ring (bicyclic) bond motifs is 2. The van der Waals surface area contributed by atoms with Crippen LogP contribution in [0.25, 0.3) is 11.0 Å². The van der Waals surface area contributed by atoms with Crippen molar-refractivity contribution in [1.29, 1.82) is 0 Å². The standard InChI is InChI=1S/C20H24N4OS/c1-13-21-8-16(26-13)11-23-9-14-6-19(20(25)7-15(14)10-23)24-12-22-17-4-2-3-5-18(17)24/h2-5,8,12,14-15,19-20,25H,6-7,9-11H2,1H3/t14-,15+,19-,20-/m1/s1. The van der Waals surface area contributed by atoms with Crippen LogP contribution in [0.3, 0.4) is 0 Å². The molecule has 1 aliphatic heterocycles. The predicted octanol–water partition coefficient (Wildman–Crippen LogP) is 3.25. The van der Waals surface area contributed by atoms with E-state index in [4.69, 9.17) is 0 Å². The maximum Gasteiger partial charge on any atom is 0.0961 e. The fraction of sp³-hybridized carbons (Fsp3) is 0.500. The SMILES string of the molecule is Cc1ncc(CN2C[C@H]3C[C@@H](n4cnc5ccccc54)[C@H](O)C[C@H]3C2)s1. The first kappa shape index (κ1) is 16.4. The molecule has 0 amide bonds. The van der Waals surface area contributed by atoms with Gasteiger partial charge in [0, 0.05) is 30.7 Å². The minimum Gasteiger partial charge on any atom is -0.391 e. The summed E-state index contributed by atoms with van der Waals surface area (Å²) in [6.07, 6.45) is 5.55. The van der Waals surface area contributed by atoms with E-state index in [0.29, 0.717) is 11.8 Å². The lowest BCUT2D eigenvalue weighted by molar-refractivity contribution is 0.0374. The van der Waals surface area contributed by atoms with Gasteiger partial charge in [-0.15, -0.1) is 11.3 Å². The molecule has 1 saturated carbocycles. The Hall–Kier alpha value is -1.76. The molecule has 136 valence electrons. The number of para-hydroxylation sites is 2. The third kappa shape index (κ3) is 2.86. The van der Waals surface area contributed by atoms with Crippen LogP contribution < -0.4 is 0 Å². The Balaban J connectivity index is 1.33. The molecule has 3 heterocycles. The van der Waals surface area contributed by atoms with Crippen LogP contribution in [-0.4, -0.2) is 43.7 Å². The van der Waals surface area contributed by atoms with E-state index in [1.54, 1.807) is 11.3 Å². The Kier molecular flexibility index (Phi) is 4.07. The van der Waals surface area contributed by atoms with Gasteiger partial charge in [0.15, 0.2) is 0 Å². The van der Waals surface area contributed by atoms with Gasteiger partial charge in [-0.25, -0.2) is 9.97 Å². The van der Waals surface area contributed by atoms with E-state index in [-0.39, 0.29) is 12.1 Å². The highest BCUT2D eigenvalue weighted by Gasteiger charge is 2.42. The van der Waals surface area contributed by atoms with Crippen LogP contribution in [0.4, 0.5) is 0 Å². The molecule has 5 rings (SSSR count). The fourth-order valence-electron chi connectivity index (χ4n) is 4.87. The second kappa shape index (κ2) is 6.44. The normalized spacial score (nSPS) is 29.3. The minimum atomic E-state index is -0.292. The monoisotopic (exact) mass is 368 g/mol. The highest BCUT2D eigenvalue weighted by Crippen LogP contribution is 2.42. The molecule has 3 aromatic rings. The molecule has 2 fully saturated rings. The Labute approximate surface area is 157 Å². The maximum atomic E-state index is 10.9. The van der Waals surface area contributed by atoms with Crippen LogP contribution in [0.15, 0.2) is 36.8 Å². The van der Waals surface area contributed by atoms with Crippen LogP contribution in [-0.2, 0) is 6.54 Å². The van der Waals surface area contributed by atoms with Gasteiger partial charge >= 0.3 is 0 Å². The summed E-state index contributed by atoms with van der Waals surface area (Å²) in [6, 6.07) is 8.34. The first-order chi connectivity index (χ1) is 12.7. The van der Waals surface area contributed by atoms with Crippen LogP contribution in [0.2, 0.25) is 0 Å². The van der Waals surface area contributed by atoms with Crippen LogP contribution in [0.1, 0.15) is 28.8 Å². The van der Waals surface area contributed by atoms with Crippen molar-refractivity contribution < 1.29 is 5.11 Å². The summed E-state index contributed by atoms with van der Waals surface area (Å²) in [5.74, 6) is 1.25. The molecule has 0 bridgehead atoms. The number of aryl methyl sites for hydroxylation is 1. The number of aromatic nitrogens is 3. The van der Waals surface area contributed by atoms with Crippen molar-refractivity contribution in [2.24, 2.45) is 11.8 Å². The van der Waals surface area contributed by atoms with Crippen LogP contribution in [0, 0.1) is 18.8 Å². The minimum absolute atomic E-state index is 0.134. The van der Waals surface area contributed by atoms with Crippen molar-refractivity contribution in [2.75, 3.05) is 13.1 Å². The Morgan fingerprint density at radius 3 is 2.77 bits per heavy atom. The summed E-state index contributed by atoms with van der Waals surface area (Å²) in [5.41, 5.74) is 2.14. The average Bonchev–Trinajstić information content (AvgIpc) is 3.32. The van der Waals surface area contributed by atoms with Gasteiger partial charge in [0.1, 0.15) is 0 Å². The molecule has 0 spiro atoms. The van der Waals surface area contributed by atoms with Gasteiger partial charge in [-0.3, -0.25) is 4.90 Å². The second-order valence-corrected chi connectivity index (χ2v) is 9.13. The third-order valence-electron chi connectivity index (χ3n) is 6.07. The molecule has 26 heavy (non-hydrogen) atoms. The lowest BCUT2D eigenvalue weighted by Crippen LogP contribution is -2.36. The van der Waals surface area contributed by atoms with Crippen molar-refractivity contribution in [3.05, 3.63) is 46.7 Å². The molecule has 1 saturated heterocycles. The predicted molar refractivity (Wildman–Crippen MR) is 103 cm³/mol. The lowest BCUT2D eigenvalue weighted by Gasteiger charge is -2.36. The van der Waals surface area contributed by atoms with E-state index in [0.717, 1.165) is 48.5 Å². The largest absolute Gasteiger partial charge is 0.391 e. The molecular weight excluding hydrogens is 344 g/mol. The number of likely N-dealkylation sites (tertiary alicyclic amines) is 1. The molecule has 2 aromatic heterocycles. The molecule has 5 nitrogen and oxygen atoms in total. The first-order valence-corrected chi connectivity index (χ1v) is 10.2. The van der Waals surface area contributed by atoms with Gasteiger partial charge in [0.25, 0.3) is 0 Å². The van der Waals surface area contributed by atoms with Gasteiger partial charge in [-0.05, 0) is 43.7 Å². The Morgan fingerprint density at radius 1 is 1.15 bits per heavy atom. The summed E-state index contributed by atoms with van der Waals surface area (Å²) < 4.78 is 2.20. The van der Waals surface area contributed by atoms with E-state index < -0.39 is 0 Å². The van der Waals surface area contributed by atoms with E-state index >= 15 is 0 Å². The number of aliphatic hydroxyl groups is 1. The zero-order valence-electron chi connectivity index (χ0n) is 15.0. The Bertz CT molecular complexity index is 919. The molecule has 0 unspecified atom stereocenters. The number of imidazole rings is 1. The highest BCUT2D eigenvalue weighted by atomic mass is 32.1. The first-order valence-electron chi connectivity index (χ1n) is 9.40. The summed E-state index contributed by atoms with van der Waals surface area (Å²) in [7, 11) is 0. The maximum absolute atomic E-state index is 10.9. The van der Waals surface area contributed by atoms with E-state index in [1.807, 2.05) is 30.7 Å². The molecular formula is C20H24N4OS. The molecule has 1 aromatic carbocycles. The highest BCUT2D eigenvalue weighted by molar-refractivity contribution is 7.11. The van der Waals surface area contributed by atoms with Crippen molar-refractivity contribution >= 4 is 22.4 Å². The number of nitrogens with zero attached hydrogens (tertiary/aromatic N) is 4. The fourth-order valence-corrected chi connectivity index (χ4v) is 5.71. The van der Waals surface area contributed by atoms with E-state index in [2.05, 4.69) is 32.4 Å². The van der Waals surface area contributed by atoms with Gasteiger partial charge in [-0.1, -0.05) is 12.1 Å². The van der Waals surface area contributed by atoms with Gasteiger partial charge in [-0.2, -0.15) is 0 Å². The number of rotatable bonds is 3. The molecule has 2 aliphatic rings. The van der Waals surface area contributed by atoms with Gasteiger partial charge in [0.05, 0.1) is 34.5 Å². The van der Waals surface area contributed by atoms with Gasteiger partial charge in [0.2, 0.25) is 0 Å². The zero-order valence-corrected chi connectivity index (χ0v) is 15.8. The second-order valence-electron chi connectivity index (χ2n) is 7.81. The van der Waals surface area contributed by atoms with Crippen molar-refractivity contribution in [1.82, 2.24) is 19.4 Å². The quantitative estimate of drug-likeness (QED) is 0.771. The van der Waals surface area contributed by atoms with Crippen LogP contribution >= 0.6 is 11.3 Å². The van der Waals surface area contributed by atoms with Crippen molar-refractivity contribution in [2.45, 2.75) is 38.5 Å². The summed E-state index contributed by atoms with van der Waals surface area (Å²) in [5, 5.41) is 12.0. The number of thiazole rings is 1. The summed E-state index contributed by atoms with van der Waals surface area (Å²) in [4.78, 5) is 12.8. The zero-order chi connectivity index (χ0) is 17.7. The van der Waals surface area contributed by atoms with Crippen LogP contribution in [0.5, 0.6) is 0 Å². The smallest absolute Gasteiger partial charge is 0.0961 e. The van der Waals surface area contributed by atoms with E-state index in [9.17, 15) is 5.11 Å². The summed E-state index contributed by atoms with van der Waals surface area (Å²) >= 11 is 1.79. The number of hydrogen-bond donors (Lipinski definition) is 1. The number of benzene rings is 1. The molecule has 4 atom stereocenters. The molecule has 1 aliphatic carbocycles. The van der Waals surface area contributed by atoms with Crippen molar-refractivity contribution in [3.63, 3.8) is 0 Å². The molecule has 0 radical (unpaired) electrons. The average molecular weight is 369 g/mol. The van der Waals surface area contributed by atoms with Gasteiger partial charge < -0.3 is 9.67 Å².